The number of nitrogens with zero attached hydrogens (tertiary/aromatic N) is 1. The molecule has 0 spiro atoms. The van der Waals surface area contributed by atoms with Crippen molar-refractivity contribution in [2.24, 2.45) is 11.3 Å². The second kappa shape index (κ2) is 9.80. The Bertz CT molecular complexity index is 682. The molecule has 1 unspecified atom stereocenters. The van der Waals surface area contributed by atoms with Gasteiger partial charge in [0, 0.05) is 43.1 Å². The lowest BCUT2D eigenvalue weighted by atomic mass is 9.89. The molecular weight excluding hydrogens is 356 g/mol. The van der Waals surface area contributed by atoms with Crippen molar-refractivity contribution in [2.75, 3.05) is 27.3 Å². The molecule has 1 atom stereocenters. The number of amides is 2. The van der Waals surface area contributed by atoms with E-state index in [1.165, 1.54) is 0 Å². The van der Waals surface area contributed by atoms with Crippen LogP contribution in [0.1, 0.15) is 52.0 Å². The maximum absolute atomic E-state index is 12.5. The Morgan fingerprint density at radius 3 is 2.61 bits per heavy atom. The van der Waals surface area contributed by atoms with E-state index in [-0.39, 0.29) is 17.2 Å². The minimum Gasteiger partial charge on any atom is -0.497 e. The standard InChI is InChI=1S/C22H34N2O4/c1-22(2,3)21(26)24-12-6-7-16(15-24)8-11-20(25)23-14-17-9-10-18(27-4)13-19(17)28-5/h9-10,13,16H,6-8,11-12,14-15H2,1-5H3,(H,23,25). The molecule has 0 radical (unpaired) electrons. The van der Waals surface area contributed by atoms with E-state index >= 15 is 0 Å². The van der Waals surface area contributed by atoms with Gasteiger partial charge in [-0.3, -0.25) is 9.59 Å². The van der Waals surface area contributed by atoms with E-state index in [1.807, 2.05) is 43.9 Å². The number of likely N-dealkylation sites (tertiary alicyclic amines) is 1. The largest absolute Gasteiger partial charge is 0.497 e. The number of methoxy groups -OCH3 is 2. The molecule has 0 aromatic heterocycles. The van der Waals surface area contributed by atoms with Crippen LogP contribution in [-0.2, 0) is 16.1 Å². The normalized spacial score (nSPS) is 17.2. The number of ether oxygens (including phenoxy) is 2. The maximum atomic E-state index is 12.5. The van der Waals surface area contributed by atoms with E-state index in [0.717, 1.165) is 43.7 Å². The quantitative estimate of drug-likeness (QED) is 0.775. The summed E-state index contributed by atoms with van der Waals surface area (Å²) in [4.78, 5) is 26.8. The van der Waals surface area contributed by atoms with Gasteiger partial charge < -0.3 is 19.7 Å². The van der Waals surface area contributed by atoms with Crippen molar-refractivity contribution < 1.29 is 19.1 Å². The third-order valence-corrected chi connectivity index (χ3v) is 5.20. The summed E-state index contributed by atoms with van der Waals surface area (Å²) in [6.07, 6.45) is 3.37. The topological polar surface area (TPSA) is 67.9 Å². The predicted octanol–water partition coefficient (Wildman–Crippen LogP) is 3.38. The van der Waals surface area contributed by atoms with Gasteiger partial charge in [0.05, 0.1) is 14.2 Å². The van der Waals surface area contributed by atoms with Gasteiger partial charge in [-0.15, -0.1) is 0 Å². The highest BCUT2D eigenvalue weighted by Crippen LogP contribution is 2.26. The summed E-state index contributed by atoms with van der Waals surface area (Å²) in [6.45, 7) is 7.89. The van der Waals surface area contributed by atoms with Crippen LogP contribution in [0.2, 0.25) is 0 Å². The molecule has 2 amide bonds. The van der Waals surface area contributed by atoms with E-state index in [4.69, 9.17) is 9.47 Å². The molecule has 1 aliphatic rings. The average molecular weight is 391 g/mol. The summed E-state index contributed by atoms with van der Waals surface area (Å²) >= 11 is 0. The van der Waals surface area contributed by atoms with Gasteiger partial charge in [-0.1, -0.05) is 20.8 Å². The molecule has 2 rings (SSSR count). The van der Waals surface area contributed by atoms with Crippen LogP contribution in [0.3, 0.4) is 0 Å². The zero-order valence-corrected chi connectivity index (χ0v) is 17.8. The minimum absolute atomic E-state index is 0.0251. The Morgan fingerprint density at radius 1 is 1.21 bits per heavy atom. The number of hydrogen-bond donors (Lipinski definition) is 1. The molecule has 0 saturated carbocycles. The first kappa shape index (κ1) is 22.1. The zero-order valence-electron chi connectivity index (χ0n) is 17.8. The molecule has 1 fully saturated rings. The number of rotatable bonds is 7. The Hall–Kier alpha value is -2.24. The molecule has 0 bridgehead atoms. The van der Waals surface area contributed by atoms with Crippen molar-refractivity contribution >= 4 is 11.8 Å². The van der Waals surface area contributed by atoms with Crippen molar-refractivity contribution in [1.82, 2.24) is 10.2 Å². The monoisotopic (exact) mass is 390 g/mol. The molecule has 1 heterocycles. The third-order valence-electron chi connectivity index (χ3n) is 5.20. The summed E-state index contributed by atoms with van der Waals surface area (Å²) in [5.41, 5.74) is 0.563. The minimum atomic E-state index is -0.351. The fourth-order valence-electron chi connectivity index (χ4n) is 3.57. The van der Waals surface area contributed by atoms with Gasteiger partial charge in [0.1, 0.15) is 11.5 Å². The molecule has 1 aliphatic heterocycles. The Labute approximate surface area is 168 Å². The van der Waals surface area contributed by atoms with E-state index in [2.05, 4.69) is 5.32 Å². The SMILES string of the molecule is COc1ccc(CNC(=O)CCC2CCCN(C(=O)C(C)(C)C)C2)c(OC)c1. The van der Waals surface area contributed by atoms with Crippen LogP contribution >= 0.6 is 0 Å². The molecule has 1 saturated heterocycles. The number of hydrogen-bond acceptors (Lipinski definition) is 4. The molecule has 1 aromatic carbocycles. The van der Waals surface area contributed by atoms with Crippen LogP contribution in [0.5, 0.6) is 11.5 Å². The van der Waals surface area contributed by atoms with Crippen LogP contribution in [0.25, 0.3) is 0 Å². The smallest absolute Gasteiger partial charge is 0.227 e. The first-order chi connectivity index (χ1) is 13.2. The van der Waals surface area contributed by atoms with Crippen molar-refractivity contribution in [2.45, 2.75) is 53.0 Å². The maximum Gasteiger partial charge on any atom is 0.227 e. The number of carbonyl (C=O) groups is 2. The van der Waals surface area contributed by atoms with E-state index < -0.39 is 0 Å². The predicted molar refractivity (Wildman–Crippen MR) is 109 cm³/mol. The molecule has 156 valence electrons. The fourth-order valence-corrected chi connectivity index (χ4v) is 3.57. The number of carbonyl (C=O) groups excluding carboxylic acids is 2. The lowest BCUT2D eigenvalue weighted by molar-refractivity contribution is -0.141. The van der Waals surface area contributed by atoms with Gasteiger partial charge in [0.25, 0.3) is 0 Å². The number of benzene rings is 1. The second-order valence-corrected chi connectivity index (χ2v) is 8.50. The van der Waals surface area contributed by atoms with Gasteiger partial charge in [0.15, 0.2) is 0 Å². The Kier molecular flexibility index (Phi) is 7.72. The van der Waals surface area contributed by atoms with Crippen LogP contribution in [0.15, 0.2) is 18.2 Å². The zero-order chi connectivity index (χ0) is 20.7. The third kappa shape index (κ3) is 6.14. The van der Waals surface area contributed by atoms with E-state index in [0.29, 0.717) is 24.6 Å². The molecule has 6 nitrogen and oxygen atoms in total. The molecule has 1 aromatic rings. The lowest BCUT2D eigenvalue weighted by Gasteiger charge is -2.36. The highest BCUT2D eigenvalue weighted by atomic mass is 16.5. The van der Waals surface area contributed by atoms with Crippen LogP contribution in [0, 0.1) is 11.3 Å². The van der Waals surface area contributed by atoms with Gasteiger partial charge in [-0.05, 0) is 37.3 Å². The van der Waals surface area contributed by atoms with E-state index in [9.17, 15) is 9.59 Å². The molecule has 6 heteroatoms. The van der Waals surface area contributed by atoms with Crippen LogP contribution in [-0.4, -0.2) is 44.0 Å². The van der Waals surface area contributed by atoms with Crippen molar-refractivity contribution in [3.8, 4) is 11.5 Å². The average Bonchev–Trinajstić information content (AvgIpc) is 2.69. The molecular formula is C22H34N2O4. The summed E-state index contributed by atoms with van der Waals surface area (Å²) in [5.74, 6) is 2.04. The van der Waals surface area contributed by atoms with Crippen molar-refractivity contribution in [1.29, 1.82) is 0 Å². The highest BCUT2D eigenvalue weighted by Gasteiger charge is 2.31. The van der Waals surface area contributed by atoms with Gasteiger partial charge in [-0.25, -0.2) is 0 Å². The van der Waals surface area contributed by atoms with Gasteiger partial charge in [0.2, 0.25) is 11.8 Å². The van der Waals surface area contributed by atoms with Crippen LogP contribution in [0.4, 0.5) is 0 Å². The van der Waals surface area contributed by atoms with Crippen molar-refractivity contribution in [3.63, 3.8) is 0 Å². The van der Waals surface area contributed by atoms with Crippen molar-refractivity contribution in [3.05, 3.63) is 23.8 Å². The Morgan fingerprint density at radius 2 is 1.96 bits per heavy atom. The number of nitrogens with one attached hydrogen (secondary N) is 1. The van der Waals surface area contributed by atoms with E-state index in [1.54, 1.807) is 14.2 Å². The summed E-state index contributed by atoms with van der Waals surface area (Å²) < 4.78 is 10.6. The summed E-state index contributed by atoms with van der Waals surface area (Å²) in [6, 6.07) is 5.56. The Balaban J connectivity index is 1.80. The van der Waals surface area contributed by atoms with Gasteiger partial charge >= 0.3 is 0 Å². The fraction of sp³-hybridized carbons (Fsp3) is 0.636. The number of piperidine rings is 1. The van der Waals surface area contributed by atoms with Crippen LogP contribution < -0.4 is 14.8 Å². The molecule has 1 N–H and O–H groups in total. The lowest BCUT2D eigenvalue weighted by Crippen LogP contribution is -2.45. The molecule has 0 aliphatic carbocycles. The first-order valence-corrected chi connectivity index (χ1v) is 10.0. The summed E-state index contributed by atoms with van der Waals surface area (Å²) in [5, 5.41) is 2.97. The summed E-state index contributed by atoms with van der Waals surface area (Å²) in [7, 11) is 3.21. The first-order valence-electron chi connectivity index (χ1n) is 10.0. The molecule has 28 heavy (non-hydrogen) atoms. The second-order valence-electron chi connectivity index (χ2n) is 8.50. The highest BCUT2D eigenvalue weighted by molar-refractivity contribution is 5.81. The van der Waals surface area contributed by atoms with Gasteiger partial charge in [-0.2, -0.15) is 0 Å².